The minimum absolute atomic E-state index is 0.171. The number of aromatic nitrogens is 1. The minimum Gasteiger partial charge on any atom is -0.463 e. The van der Waals surface area contributed by atoms with Crippen molar-refractivity contribution in [2.75, 3.05) is 25.6 Å². The highest BCUT2D eigenvalue weighted by atomic mass is 32.1. The van der Waals surface area contributed by atoms with E-state index in [1.54, 1.807) is 32.1 Å². The first-order valence-corrected chi connectivity index (χ1v) is 13.4. The lowest BCUT2D eigenvalue weighted by molar-refractivity contribution is -0.387. The van der Waals surface area contributed by atoms with Gasteiger partial charge in [-0.05, 0) is 55.8 Å². The summed E-state index contributed by atoms with van der Waals surface area (Å²) < 4.78 is 26.7. The molecule has 0 fully saturated rings. The maximum Gasteiger partial charge on any atom is 0.338 e. The smallest absolute Gasteiger partial charge is 0.338 e. The van der Waals surface area contributed by atoms with Gasteiger partial charge in [0.1, 0.15) is 11.5 Å². The quantitative estimate of drug-likeness (QED) is 0.184. The Morgan fingerprint density at radius 3 is 2.61 bits per heavy atom. The number of rotatable bonds is 7. The molecule has 3 heterocycles. The summed E-state index contributed by atoms with van der Waals surface area (Å²) in [6.45, 7) is 3.60. The van der Waals surface area contributed by atoms with Gasteiger partial charge in [0.15, 0.2) is 4.80 Å². The molecule has 0 radical (unpaired) electrons. The second-order valence-electron chi connectivity index (χ2n) is 9.41. The van der Waals surface area contributed by atoms with Crippen molar-refractivity contribution in [1.82, 2.24) is 4.57 Å². The zero-order chi connectivity index (χ0) is 29.4. The van der Waals surface area contributed by atoms with Crippen LogP contribution in [0, 0.1) is 15.9 Å². The number of fused-ring (bicyclic) bond motifs is 1. The van der Waals surface area contributed by atoms with Crippen LogP contribution in [0.3, 0.4) is 0 Å². The van der Waals surface area contributed by atoms with Crippen molar-refractivity contribution in [2.45, 2.75) is 19.9 Å². The predicted octanol–water partition coefficient (Wildman–Crippen LogP) is 4.17. The lowest BCUT2D eigenvalue weighted by Crippen LogP contribution is -2.39. The number of hydrogen-bond acceptors (Lipinski definition) is 9. The molecule has 2 aromatic carbocycles. The van der Waals surface area contributed by atoms with Crippen molar-refractivity contribution in [2.24, 2.45) is 4.99 Å². The number of nitro groups is 1. The van der Waals surface area contributed by atoms with Gasteiger partial charge in [0.2, 0.25) is 5.82 Å². The number of halogens is 1. The van der Waals surface area contributed by atoms with E-state index in [0.29, 0.717) is 26.4 Å². The predicted molar refractivity (Wildman–Crippen MR) is 152 cm³/mol. The molecule has 0 amide bonds. The van der Waals surface area contributed by atoms with Crippen molar-refractivity contribution in [1.29, 1.82) is 0 Å². The van der Waals surface area contributed by atoms with Crippen LogP contribution in [0.25, 0.3) is 17.4 Å². The van der Waals surface area contributed by atoms with E-state index in [1.807, 2.05) is 43.3 Å². The van der Waals surface area contributed by atoms with Gasteiger partial charge in [-0.3, -0.25) is 19.5 Å². The number of carbonyl (C=O) groups is 1. The maximum absolute atomic E-state index is 13.8. The van der Waals surface area contributed by atoms with Crippen LogP contribution in [0.2, 0.25) is 0 Å². The largest absolute Gasteiger partial charge is 0.463 e. The second kappa shape index (κ2) is 11.0. The number of benzene rings is 2. The van der Waals surface area contributed by atoms with Gasteiger partial charge in [-0.15, -0.1) is 0 Å². The summed E-state index contributed by atoms with van der Waals surface area (Å²) >= 11 is 1.14. The Balaban J connectivity index is 1.61. The van der Waals surface area contributed by atoms with Crippen molar-refractivity contribution in [3.05, 3.63) is 113 Å². The SMILES string of the molecule is CCOC(=O)C1=C(C)N=c2s/c(=C\c3ccc(-c4ccc(F)c([N+](=O)[O-])c4)o3)c(=O)n2[C@@H]1c1ccc(N(C)C)cc1. The first kappa shape index (κ1) is 27.7. The van der Waals surface area contributed by atoms with Crippen LogP contribution in [0.1, 0.15) is 31.2 Å². The number of hydrogen-bond donors (Lipinski definition) is 0. The van der Waals surface area contributed by atoms with Crippen LogP contribution in [-0.2, 0) is 9.53 Å². The van der Waals surface area contributed by atoms with Gasteiger partial charge >= 0.3 is 11.7 Å². The summed E-state index contributed by atoms with van der Waals surface area (Å²) in [5, 5.41) is 11.1. The van der Waals surface area contributed by atoms with Gasteiger partial charge in [-0.25, -0.2) is 9.79 Å². The zero-order valence-corrected chi connectivity index (χ0v) is 23.4. The molecular formula is C29H25FN4O6S. The number of anilines is 1. The molecule has 1 atom stereocenters. The molecule has 5 rings (SSSR count). The van der Waals surface area contributed by atoms with Gasteiger partial charge < -0.3 is 14.1 Å². The number of carbonyl (C=O) groups excluding carboxylic acids is 1. The highest BCUT2D eigenvalue weighted by Gasteiger charge is 2.33. The van der Waals surface area contributed by atoms with E-state index in [9.17, 15) is 24.1 Å². The molecule has 0 aliphatic carbocycles. The number of ether oxygens (including phenoxy) is 1. The van der Waals surface area contributed by atoms with E-state index in [4.69, 9.17) is 9.15 Å². The summed E-state index contributed by atoms with van der Waals surface area (Å²) in [7, 11) is 3.84. The number of allylic oxidation sites excluding steroid dienone is 1. The standard InChI is InChI=1S/C29H25FN4O6S/c1-5-39-28(36)25-16(2)31-29-33(26(25)17-6-9-19(10-7-17)32(3)4)27(35)24(41-29)15-20-11-13-23(40-20)18-8-12-21(30)22(14-18)34(37)38/h6-15,26H,5H2,1-4H3/b24-15-/t26-/m1/s1. The van der Waals surface area contributed by atoms with Crippen LogP contribution in [0.5, 0.6) is 0 Å². The molecule has 210 valence electrons. The molecule has 0 saturated heterocycles. The molecule has 0 N–H and O–H groups in total. The van der Waals surface area contributed by atoms with E-state index in [1.165, 1.54) is 10.6 Å². The highest BCUT2D eigenvalue weighted by molar-refractivity contribution is 7.07. The van der Waals surface area contributed by atoms with Gasteiger partial charge in [-0.2, -0.15) is 4.39 Å². The average Bonchev–Trinajstić information content (AvgIpc) is 3.52. The fourth-order valence-electron chi connectivity index (χ4n) is 4.58. The summed E-state index contributed by atoms with van der Waals surface area (Å²) in [5.74, 6) is -0.916. The Labute approximate surface area is 237 Å². The third-order valence-corrected chi connectivity index (χ3v) is 7.55. The van der Waals surface area contributed by atoms with Gasteiger partial charge in [0.05, 0.1) is 33.4 Å². The first-order chi connectivity index (χ1) is 19.6. The second-order valence-corrected chi connectivity index (χ2v) is 10.4. The topological polar surface area (TPSA) is 120 Å². The molecule has 10 nitrogen and oxygen atoms in total. The molecule has 4 aromatic rings. The van der Waals surface area contributed by atoms with Crippen molar-refractivity contribution in [3.63, 3.8) is 0 Å². The van der Waals surface area contributed by atoms with Crippen LogP contribution in [0.4, 0.5) is 15.8 Å². The average molecular weight is 577 g/mol. The number of furan rings is 1. The number of nitro benzene ring substituents is 1. The van der Waals surface area contributed by atoms with Crippen molar-refractivity contribution >= 4 is 34.8 Å². The highest BCUT2D eigenvalue weighted by Crippen LogP contribution is 2.32. The van der Waals surface area contributed by atoms with Crippen LogP contribution < -0.4 is 19.8 Å². The number of nitrogens with zero attached hydrogens (tertiary/aromatic N) is 4. The molecule has 41 heavy (non-hydrogen) atoms. The van der Waals surface area contributed by atoms with Crippen LogP contribution in [0.15, 0.2) is 80.1 Å². The normalized spacial score (nSPS) is 15.0. The summed E-state index contributed by atoms with van der Waals surface area (Å²) in [5.41, 5.74) is 1.69. The third kappa shape index (κ3) is 5.21. The summed E-state index contributed by atoms with van der Waals surface area (Å²) in [4.78, 5) is 44.1. The molecule has 1 aliphatic rings. The van der Waals surface area contributed by atoms with Crippen LogP contribution >= 0.6 is 11.3 Å². The van der Waals surface area contributed by atoms with E-state index in [2.05, 4.69) is 4.99 Å². The Morgan fingerprint density at radius 1 is 1.22 bits per heavy atom. The van der Waals surface area contributed by atoms with Crippen LogP contribution in [-0.4, -0.2) is 36.2 Å². The molecule has 0 unspecified atom stereocenters. The molecule has 2 aromatic heterocycles. The Kier molecular flexibility index (Phi) is 7.41. The fraction of sp³-hybridized carbons (Fsp3) is 0.207. The van der Waals surface area contributed by atoms with Gasteiger partial charge in [0, 0.05) is 37.5 Å². The van der Waals surface area contributed by atoms with Gasteiger partial charge in [-0.1, -0.05) is 23.5 Å². The Morgan fingerprint density at radius 2 is 1.95 bits per heavy atom. The third-order valence-electron chi connectivity index (χ3n) is 6.57. The monoisotopic (exact) mass is 576 g/mol. The molecule has 0 spiro atoms. The van der Waals surface area contributed by atoms with Crippen molar-refractivity contribution < 1.29 is 23.3 Å². The van der Waals surface area contributed by atoms with Crippen molar-refractivity contribution in [3.8, 4) is 11.3 Å². The lowest BCUT2D eigenvalue weighted by Gasteiger charge is -2.25. The first-order valence-electron chi connectivity index (χ1n) is 12.6. The molecule has 0 saturated carbocycles. The molecule has 0 bridgehead atoms. The number of esters is 1. The lowest BCUT2D eigenvalue weighted by atomic mass is 9.95. The fourth-order valence-corrected chi connectivity index (χ4v) is 5.61. The van der Waals surface area contributed by atoms with Gasteiger partial charge in [0.25, 0.3) is 5.56 Å². The summed E-state index contributed by atoms with van der Waals surface area (Å²) in [6, 6.07) is 13.5. The zero-order valence-electron chi connectivity index (χ0n) is 22.6. The number of thiazole rings is 1. The van der Waals surface area contributed by atoms with E-state index < -0.39 is 28.4 Å². The van der Waals surface area contributed by atoms with E-state index >= 15 is 0 Å². The van der Waals surface area contributed by atoms with E-state index in [-0.39, 0.29) is 23.5 Å². The summed E-state index contributed by atoms with van der Waals surface area (Å²) in [6.07, 6.45) is 1.54. The Bertz CT molecular complexity index is 1880. The molecule has 12 heteroatoms. The maximum atomic E-state index is 13.8. The molecular weight excluding hydrogens is 551 g/mol. The molecule has 1 aliphatic heterocycles. The Hall–Kier alpha value is -4.84. The van der Waals surface area contributed by atoms with E-state index in [0.717, 1.165) is 34.7 Å². The minimum atomic E-state index is -0.949.